The van der Waals surface area contributed by atoms with Gasteiger partial charge >= 0.3 is 0 Å². The zero-order valence-electron chi connectivity index (χ0n) is 18.6. The number of nitrogens with zero attached hydrogens (tertiary/aromatic N) is 2. The highest BCUT2D eigenvalue weighted by atomic mass is 32.2. The van der Waals surface area contributed by atoms with Gasteiger partial charge in [0.2, 0.25) is 21.8 Å². The second-order valence-corrected chi connectivity index (χ2v) is 10.6. The quantitative estimate of drug-likeness (QED) is 0.711. The fourth-order valence-corrected chi connectivity index (χ4v) is 4.89. The van der Waals surface area contributed by atoms with E-state index in [0.717, 1.165) is 9.87 Å². The number of aryl methyl sites for hydroxylation is 1. The molecule has 1 aliphatic rings. The fourth-order valence-electron chi connectivity index (χ4n) is 3.74. The monoisotopic (exact) mass is 443 g/mol. The Labute approximate surface area is 184 Å². The molecule has 2 amide bonds. The van der Waals surface area contributed by atoms with Crippen LogP contribution in [-0.4, -0.2) is 51.7 Å². The molecule has 0 unspecified atom stereocenters. The topological polar surface area (TPSA) is 86.8 Å². The van der Waals surface area contributed by atoms with E-state index in [2.05, 4.69) is 5.32 Å². The van der Waals surface area contributed by atoms with Crippen LogP contribution in [-0.2, 0) is 31.4 Å². The number of fused-ring (bicyclic) bond motifs is 1. The van der Waals surface area contributed by atoms with E-state index in [4.69, 9.17) is 0 Å². The summed E-state index contributed by atoms with van der Waals surface area (Å²) in [6.07, 6.45) is 0.671. The van der Waals surface area contributed by atoms with E-state index in [1.165, 1.54) is 29.6 Å². The fraction of sp³-hybridized carbons (Fsp3) is 0.391. The minimum atomic E-state index is -3.88. The summed E-state index contributed by atoms with van der Waals surface area (Å²) in [4.78, 5) is 26.3. The van der Waals surface area contributed by atoms with E-state index in [1.54, 1.807) is 27.0 Å². The summed E-state index contributed by atoms with van der Waals surface area (Å²) in [6, 6.07) is 12.7. The van der Waals surface area contributed by atoms with Crippen molar-refractivity contribution in [1.29, 1.82) is 0 Å². The van der Waals surface area contributed by atoms with Crippen LogP contribution in [0.5, 0.6) is 0 Å². The van der Waals surface area contributed by atoms with Crippen LogP contribution in [0.4, 0.5) is 5.69 Å². The lowest BCUT2D eigenvalue weighted by Gasteiger charge is -2.19. The normalized spacial score (nSPS) is 15.3. The summed E-state index contributed by atoms with van der Waals surface area (Å²) in [5.41, 5.74) is 2.84. The largest absolute Gasteiger partial charge is 0.355 e. The van der Waals surface area contributed by atoms with Crippen LogP contribution in [0.2, 0.25) is 0 Å². The number of likely N-dealkylation sites (N-methyl/N-ethyl adjacent to an activating group) is 2. The summed E-state index contributed by atoms with van der Waals surface area (Å²) in [5, 5.41) is 2.77. The first-order valence-electron chi connectivity index (χ1n) is 10.2. The molecule has 7 nitrogen and oxygen atoms in total. The molecular weight excluding hydrogens is 414 g/mol. The van der Waals surface area contributed by atoms with Gasteiger partial charge in [-0.3, -0.25) is 9.59 Å². The molecule has 2 aromatic rings. The first-order valence-corrected chi connectivity index (χ1v) is 11.6. The Kier molecular flexibility index (Phi) is 6.25. The molecule has 0 radical (unpaired) electrons. The van der Waals surface area contributed by atoms with E-state index in [0.29, 0.717) is 24.2 Å². The summed E-state index contributed by atoms with van der Waals surface area (Å²) < 4.78 is 27.1. The van der Waals surface area contributed by atoms with Crippen molar-refractivity contribution >= 4 is 27.5 Å². The van der Waals surface area contributed by atoms with Crippen molar-refractivity contribution in [3.05, 3.63) is 59.2 Å². The summed E-state index contributed by atoms with van der Waals surface area (Å²) in [6.45, 7) is 5.71. The highest BCUT2D eigenvalue weighted by Gasteiger charge is 2.43. The SMILES string of the molecule is Cc1ccc(CCNC(=O)CN(C)S(=O)(=O)c2ccc3c(c2)C(C)(C)C(=O)N3C)cc1. The molecule has 0 bridgehead atoms. The number of carbonyl (C=O) groups excluding carboxylic acids is 2. The Morgan fingerprint density at radius 1 is 1.13 bits per heavy atom. The minimum absolute atomic E-state index is 0.0670. The standard InChI is InChI=1S/C23H29N3O4S/c1-16-6-8-17(9-7-16)12-13-24-21(27)15-25(4)31(29,30)18-10-11-20-19(14-18)23(2,3)22(28)26(20)5/h6-11,14H,12-13,15H2,1-5H3,(H,24,27). The summed E-state index contributed by atoms with van der Waals surface area (Å²) >= 11 is 0. The van der Waals surface area contributed by atoms with Crippen LogP contribution in [0.15, 0.2) is 47.4 Å². The van der Waals surface area contributed by atoms with Gasteiger partial charge in [-0.1, -0.05) is 29.8 Å². The minimum Gasteiger partial charge on any atom is -0.355 e. The van der Waals surface area contributed by atoms with Crippen LogP contribution < -0.4 is 10.2 Å². The molecule has 0 saturated carbocycles. The van der Waals surface area contributed by atoms with Crippen molar-refractivity contribution in [2.24, 2.45) is 0 Å². The molecular formula is C23H29N3O4S. The average molecular weight is 444 g/mol. The van der Waals surface area contributed by atoms with E-state index in [1.807, 2.05) is 31.2 Å². The van der Waals surface area contributed by atoms with Gasteiger partial charge in [-0.25, -0.2) is 8.42 Å². The van der Waals surface area contributed by atoms with Crippen LogP contribution in [0.1, 0.15) is 30.5 Å². The number of hydrogen-bond acceptors (Lipinski definition) is 4. The Morgan fingerprint density at radius 3 is 2.42 bits per heavy atom. The van der Waals surface area contributed by atoms with Gasteiger partial charge < -0.3 is 10.2 Å². The third kappa shape index (κ3) is 4.50. The third-order valence-electron chi connectivity index (χ3n) is 5.77. The number of benzene rings is 2. The van der Waals surface area contributed by atoms with Crippen LogP contribution >= 0.6 is 0 Å². The number of sulfonamides is 1. The molecule has 0 fully saturated rings. The van der Waals surface area contributed by atoms with E-state index in [9.17, 15) is 18.0 Å². The molecule has 1 heterocycles. The van der Waals surface area contributed by atoms with Crippen molar-refractivity contribution in [2.45, 2.75) is 37.5 Å². The van der Waals surface area contributed by atoms with Crippen molar-refractivity contribution in [2.75, 3.05) is 32.1 Å². The summed E-state index contributed by atoms with van der Waals surface area (Å²) in [5.74, 6) is -0.451. The van der Waals surface area contributed by atoms with E-state index < -0.39 is 15.4 Å². The van der Waals surface area contributed by atoms with Crippen LogP contribution in [0.3, 0.4) is 0 Å². The molecule has 1 N–H and O–H groups in total. The van der Waals surface area contributed by atoms with E-state index in [-0.39, 0.29) is 23.3 Å². The lowest BCUT2D eigenvalue weighted by Crippen LogP contribution is -2.39. The first kappa shape index (κ1) is 23.0. The second-order valence-electron chi connectivity index (χ2n) is 8.51. The van der Waals surface area contributed by atoms with Crippen molar-refractivity contribution in [3.63, 3.8) is 0 Å². The third-order valence-corrected chi connectivity index (χ3v) is 7.57. The van der Waals surface area contributed by atoms with Gasteiger partial charge in [0.15, 0.2) is 0 Å². The number of carbonyl (C=O) groups is 2. The van der Waals surface area contributed by atoms with E-state index >= 15 is 0 Å². The molecule has 0 spiro atoms. The zero-order chi connectivity index (χ0) is 23.0. The van der Waals surface area contributed by atoms with Gasteiger partial charge in [-0.15, -0.1) is 0 Å². The van der Waals surface area contributed by atoms with Crippen molar-refractivity contribution in [3.8, 4) is 0 Å². The van der Waals surface area contributed by atoms with Crippen molar-refractivity contribution in [1.82, 2.24) is 9.62 Å². The van der Waals surface area contributed by atoms with Gasteiger partial charge in [0, 0.05) is 26.3 Å². The zero-order valence-corrected chi connectivity index (χ0v) is 19.4. The molecule has 0 atom stereocenters. The maximum atomic E-state index is 13.0. The number of anilines is 1. The predicted molar refractivity (Wildman–Crippen MR) is 121 cm³/mol. The molecule has 3 rings (SSSR count). The molecule has 166 valence electrons. The maximum Gasteiger partial charge on any atom is 0.243 e. The maximum absolute atomic E-state index is 13.0. The van der Waals surface area contributed by atoms with Gasteiger partial charge in [-0.2, -0.15) is 4.31 Å². The molecule has 0 aromatic heterocycles. The van der Waals surface area contributed by atoms with Crippen molar-refractivity contribution < 1.29 is 18.0 Å². The Bertz CT molecular complexity index is 1110. The lowest BCUT2D eigenvalue weighted by atomic mass is 9.86. The molecule has 8 heteroatoms. The highest BCUT2D eigenvalue weighted by molar-refractivity contribution is 7.89. The highest BCUT2D eigenvalue weighted by Crippen LogP contribution is 2.41. The number of amides is 2. The molecule has 0 aliphatic carbocycles. The molecule has 1 aliphatic heterocycles. The van der Waals surface area contributed by atoms with Crippen LogP contribution in [0.25, 0.3) is 0 Å². The Morgan fingerprint density at radius 2 is 1.77 bits per heavy atom. The second kappa shape index (κ2) is 8.43. The van der Waals surface area contributed by atoms with Gasteiger partial charge in [-0.05, 0) is 56.5 Å². The Hall–Kier alpha value is -2.71. The number of hydrogen-bond donors (Lipinski definition) is 1. The molecule has 31 heavy (non-hydrogen) atoms. The number of nitrogens with one attached hydrogen (secondary N) is 1. The smallest absolute Gasteiger partial charge is 0.243 e. The van der Waals surface area contributed by atoms with Gasteiger partial charge in [0.25, 0.3) is 0 Å². The molecule has 2 aromatic carbocycles. The summed E-state index contributed by atoms with van der Waals surface area (Å²) in [7, 11) is -0.823. The van der Waals surface area contributed by atoms with Gasteiger partial charge in [0.05, 0.1) is 16.9 Å². The lowest BCUT2D eigenvalue weighted by molar-refractivity contribution is -0.122. The predicted octanol–water partition coefficient (Wildman–Crippen LogP) is 2.23. The number of rotatable bonds is 7. The first-order chi connectivity index (χ1) is 14.4. The average Bonchev–Trinajstić information content (AvgIpc) is 2.89. The van der Waals surface area contributed by atoms with Gasteiger partial charge in [0.1, 0.15) is 0 Å². The molecule has 0 saturated heterocycles. The Balaban J connectivity index is 1.65. The van der Waals surface area contributed by atoms with Crippen LogP contribution in [0, 0.1) is 6.92 Å².